The molecule has 1 atom stereocenters. The van der Waals surface area contributed by atoms with Gasteiger partial charge >= 0.3 is 6.09 Å². The number of nitrogens with one attached hydrogen (secondary N) is 1. The van der Waals surface area contributed by atoms with Gasteiger partial charge in [-0.25, -0.2) is 9.18 Å². The van der Waals surface area contributed by atoms with E-state index in [2.05, 4.69) is 5.32 Å². The molecular weight excluding hydrogens is 263 g/mol. The summed E-state index contributed by atoms with van der Waals surface area (Å²) < 4.78 is 17.9. The Morgan fingerprint density at radius 3 is 2.45 bits per heavy atom. The third-order valence-corrected chi connectivity index (χ3v) is 3.15. The maximum atomic E-state index is 12.7. The van der Waals surface area contributed by atoms with Crippen LogP contribution < -0.4 is 5.32 Å². The lowest BCUT2D eigenvalue weighted by Crippen LogP contribution is -2.53. The molecular formula is C14H25FN2O3. The lowest BCUT2D eigenvalue weighted by Gasteiger charge is -2.36. The predicted octanol–water partition coefficient (Wildman–Crippen LogP) is 2.11. The highest BCUT2D eigenvalue weighted by molar-refractivity contribution is 5.79. The van der Waals surface area contributed by atoms with Crippen molar-refractivity contribution in [2.24, 2.45) is 5.92 Å². The molecule has 0 aromatic carbocycles. The Bertz CT molecular complexity index is 349. The molecule has 0 aromatic heterocycles. The number of carbonyl (C=O) groups excluding carboxylic acids is 2. The van der Waals surface area contributed by atoms with Crippen molar-refractivity contribution in [1.29, 1.82) is 0 Å². The topological polar surface area (TPSA) is 58.6 Å². The number of amides is 2. The van der Waals surface area contributed by atoms with E-state index in [9.17, 15) is 14.0 Å². The van der Waals surface area contributed by atoms with Crippen molar-refractivity contribution in [1.82, 2.24) is 10.2 Å². The van der Waals surface area contributed by atoms with Crippen LogP contribution in [0.3, 0.4) is 0 Å². The van der Waals surface area contributed by atoms with Crippen LogP contribution in [0.2, 0.25) is 0 Å². The summed E-state index contributed by atoms with van der Waals surface area (Å²) in [5, 5.41) is 2.64. The average molecular weight is 288 g/mol. The number of ether oxygens (including phenoxy) is 1. The summed E-state index contributed by atoms with van der Waals surface area (Å²) in [7, 11) is 0. The number of hydrogen-bond donors (Lipinski definition) is 1. The fourth-order valence-corrected chi connectivity index (χ4v) is 2.03. The molecule has 0 radical (unpaired) electrons. The van der Waals surface area contributed by atoms with Gasteiger partial charge in [0.2, 0.25) is 5.91 Å². The Morgan fingerprint density at radius 2 is 2.00 bits per heavy atom. The van der Waals surface area contributed by atoms with Crippen LogP contribution in [0.1, 0.15) is 40.5 Å². The lowest BCUT2D eigenvalue weighted by molar-refractivity contribution is -0.143. The second kappa shape index (κ2) is 6.90. The first kappa shape index (κ1) is 16.7. The summed E-state index contributed by atoms with van der Waals surface area (Å²) in [5.41, 5.74) is -0.530. The van der Waals surface area contributed by atoms with Crippen LogP contribution in [0.15, 0.2) is 0 Å². The van der Waals surface area contributed by atoms with Gasteiger partial charge in [0.15, 0.2) is 0 Å². The monoisotopic (exact) mass is 288 g/mol. The zero-order valence-corrected chi connectivity index (χ0v) is 12.7. The van der Waals surface area contributed by atoms with Gasteiger partial charge in [-0.2, -0.15) is 0 Å². The molecule has 1 heterocycles. The molecule has 1 rings (SSSR count). The van der Waals surface area contributed by atoms with Crippen LogP contribution >= 0.6 is 0 Å². The second-order valence-electron chi connectivity index (χ2n) is 6.16. The van der Waals surface area contributed by atoms with Crippen molar-refractivity contribution in [3.05, 3.63) is 0 Å². The van der Waals surface area contributed by atoms with Crippen LogP contribution in [-0.2, 0) is 9.53 Å². The molecule has 1 unspecified atom stereocenters. The quantitative estimate of drug-likeness (QED) is 0.843. The zero-order chi connectivity index (χ0) is 15.3. The Hall–Kier alpha value is -1.33. The molecule has 1 fully saturated rings. The zero-order valence-electron chi connectivity index (χ0n) is 12.7. The van der Waals surface area contributed by atoms with Gasteiger partial charge < -0.3 is 15.0 Å². The molecule has 20 heavy (non-hydrogen) atoms. The van der Waals surface area contributed by atoms with E-state index in [4.69, 9.17) is 4.74 Å². The first-order valence-corrected chi connectivity index (χ1v) is 7.12. The molecule has 2 amide bonds. The maximum absolute atomic E-state index is 12.7. The van der Waals surface area contributed by atoms with E-state index >= 15 is 0 Å². The van der Waals surface area contributed by atoms with Gasteiger partial charge in [0.05, 0.1) is 13.1 Å². The number of rotatable bonds is 5. The summed E-state index contributed by atoms with van der Waals surface area (Å²) >= 11 is 0. The summed E-state index contributed by atoms with van der Waals surface area (Å²) in [4.78, 5) is 25.0. The smallest absolute Gasteiger partial charge is 0.407 e. The summed E-state index contributed by atoms with van der Waals surface area (Å²) in [5.74, 6) is -0.190. The van der Waals surface area contributed by atoms with Crippen LogP contribution in [-0.4, -0.2) is 48.3 Å². The van der Waals surface area contributed by atoms with Crippen molar-refractivity contribution in [3.8, 4) is 0 Å². The number of carbonyl (C=O) groups is 2. The van der Waals surface area contributed by atoms with E-state index < -0.39 is 17.9 Å². The molecule has 1 saturated heterocycles. The highest BCUT2D eigenvalue weighted by atomic mass is 19.1. The molecule has 0 aliphatic carbocycles. The molecule has 6 heteroatoms. The van der Waals surface area contributed by atoms with Gasteiger partial charge in [-0.3, -0.25) is 4.79 Å². The minimum absolute atomic E-state index is 0.0209. The Labute approximate surface area is 119 Å². The van der Waals surface area contributed by atoms with E-state index in [-0.39, 0.29) is 24.9 Å². The summed E-state index contributed by atoms with van der Waals surface area (Å²) in [6.45, 7) is 8.09. The predicted molar refractivity (Wildman–Crippen MR) is 74.1 cm³/mol. The standard InChI is InChI=1S/C14H25FN2O3/c1-5-10(12(18)17-8-11(15)9-17)6-7-16-13(19)20-14(2,3)4/h10-11H,5-9H2,1-4H3,(H,16,19). The van der Waals surface area contributed by atoms with Crippen LogP contribution in [0.4, 0.5) is 9.18 Å². The molecule has 5 nitrogen and oxygen atoms in total. The molecule has 0 aromatic rings. The van der Waals surface area contributed by atoms with Crippen molar-refractivity contribution < 1.29 is 18.7 Å². The number of halogens is 1. The van der Waals surface area contributed by atoms with E-state index in [1.54, 1.807) is 20.8 Å². The van der Waals surface area contributed by atoms with E-state index in [0.717, 1.165) is 0 Å². The molecule has 0 saturated carbocycles. The molecule has 0 bridgehead atoms. The number of hydrogen-bond acceptors (Lipinski definition) is 3. The summed E-state index contributed by atoms with van der Waals surface area (Å²) in [6, 6.07) is 0. The van der Waals surface area contributed by atoms with Gasteiger partial charge in [0.25, 0.3) is 0 Å². The summed E-state index contributed by atoms with van der Waals surface area (Å²) in [6.07, 6.45) is -0.131. The van der Waals surface area contributed by atoms with Crippen molar-refractivity contribution in [2.45, 2.75) is 52.3 Å². The number of likely N-dealkylation sites (tertiary alicyclic amines) is 1. The van der Waals surface area contributed by atoms with Gasteiger partial charge in [0.1, 0.15) is 11.8 Å². The van der Waals surface area contributed by atoms with Crippen molar-refractivity contribution >= 4 is 12.0 Å². The van der Waals surface area contributed by atoms with Gasteiger partial charge in [-0.05, 0) is 33.6 Å². The molecule has 1 aliphatic rings. The Kier molecular flexibility index (Phi) is 5.77. The third kappa shape index (κ3) is 5.35. The van der Waals surface area contributed by atoms with Crippen LogP contribution in [0, 0.1) is 5.92 Å². The van der Waals surface area contributed by atoms with Crippen molar-refractivity contribution in [3.63, 3.8) is 0 Å². The Morgan fingerprint density at radius 1 is 1.40 bits per heavy atom. The largest absolute Gasteiger partial charge is 0.444 e. The van der Waals surface area contributed by atoms with Crippen LogP contribution in [0.25, 0.3) is 0 Å². The van der Waals surface area contributed by atoms with E-state index in [0.29, 0.717) is 19.4 Å². The van der Waals surface area contributed by atoms with E-state index in [1.807, 2.05) is 6.92 Å². The molecule has 116 valence electrons. The number of nitrogens with zero attached hydrogens (tertiary/aromatic N) is 1. The number of alkyl carbamates (subject to hydrolysis) is 1. The second-order valence-corrected chi connectivity index (χ2v) is 6.16. The highest BCUT2D eigenvalue weighted by Gasteiger charge is 2.33. The highest BCUT2D eigenvalue weighted by Crippen LogP contribution is 2.19. The van der Waals surface area contributed by atoms with Gasteiger partial charge in [-0.1, -0.05) is 6.92 Å². The lowest BCUT2D eigenvalue weighted by atomic mass is 9.98. The molecule has 0 spiro atoms. The average Bonchev–Trinajstić information content (AvgIpc) is 2.27. The van der Waals surface area contributed by atoms with E-state index in [1.165, 1.54) is 4.90 Å². The third-order valence-electron chi connectivity index (χ3n) is 3.15. The minimum atomic E-state index is -0.878. The fourth-order valence-electron chi connectivity index (χ4n) is 2.03. The van der Waals surface area contributed by atoms with Crippen LogP contribution in [0.5, 0.6) is 0 Å². The normalized spacial score (nSPS) is 17.4. The SMILES string of the molecule is CCC(CCNC(=O)OC(C)(C)C)C(=O)N1CC(F)C1. The first-order valence-electron chi connectivity index (χ1n) is 7.12. The van der Waals surface area contributed by atoms with Gasteiger partial charge in [0, 0.05) is 12.5 Å². The number of alkyl halides is 1. The maximum Gasteiger partial charge on any atom is 0.407 e. The van der Waals surface area contributed by atoms with Gasteiger partial charge in [-0.15, -0.1) is 0 Å². The van der Waals surface area contributed by atoms with Crippen molar-refractivity contribution in [2.75, 3.05) is 19.6 Å². The Balaban J connectivity index is 2.28. The minimum Gasteiger partial charge on any atom is -0.444 e. The molecule has 1 aliphatic heterocycles. The molecule has 1 N–H and O–H groups in total. The first-order chi connectivity index (χ1) is 9.23. The fraction of sp³-hybridized carbons (Fsp3) is 0.857.